The van der Waals surface area contributed by atoms with Crippen molar-refractivity contribution in [1.29, 1.82) is 0 Å². The van der Waals surface area contributed by atoms with Gasteiger partial charge in [0, 0.05) is 32.2 Å². The molecule has 31 heavy (non-hydrogen) atoms. The fourth-order valence-corrected chi connectivity index (χ4v) is 4.72. The number of para-hydroxylation sites is 1. The number of nitrogens with one attached hydrogen (secondary N) is 2. The van der Waals surface area contributed by atoms with Crippen molar-refractivity contribution in [3.05, 3.63) is 52.2 Å². The van der Waals surface area contributed by atoms with E-state index in [-0.39, 0.29) is 29.7 Å². The van der Waals surface area contributed by atoms with Crippen molar-refractivity contribution in [1.82, 2.24) is 10.2 Å². The maximum absolute atomic E-state index is 12.9. The van der Waals surface area contributed by atoms with Crippen LogP contribution in [-0.4, -0.2) is 55.0 Å². The van der Waals surface area contributed by atoms with E-state index in [1.54, 1.807) is 24.3 Å². The van der Waals surface area contributed by atoms with Gasteiger partial charge in [-0.25, -0.2) is 0 Å². The quantitative estimate of drug-likeness (QED) is 0.721. The molecule has 0 spiro atoms. The van der Waals surface area contributed by atoms with Crippen LogP contribution in [0.4, 0.5) is 5.69 Å². The Balaban J connectivity index is 1.31. The number of likely N-dealkylation sites (tertiary alicyclic amines) is 1. The summed E-state index contributed by atoms with van der Waals surface area (Å²) in [7, 11) is 0. The molecule has 1 aromatic heterocycles. The second kappa shape index (κ2) is 10.1. The molecular formula is C23H27N3O4S. The van der Waals surface area contributed by atoms with Crippen LogP contribution in [0.15, 0.2) is 41.8 Å². The van der Waals surface area contributed by atoms with E-state index in [2.05, 4.69) is 10.6 Å². The van der Waals surface area contributed by atoms with E-state index in [4.69, 9.17) is 4.74 Å². The number of rotatable bonds is 6. The van der Waals surface area contributed by atoms with Gasteiger partial charge in [-0.2, -0.15) is 0 Å². The number of anilines is 1. The molecule has 2 aliphatic heterocycles. The van der Waals surface area contributed by atoms with E-state index >= 15 is 0 Å². The summed E-state index contributed by atoms with van der Waals surface area (Å²) in [6.07, 6.45) is 3.25. The van der Waals surface area contributed by atoms with E-state index in [1.807, 2.05) is 22.4 Å². The van der Waals surface area contributed by atoms with Gasteiger partial charge in [-0.1, -0.05) is 18.2 Å². The van der Waals surface area contributed by atoms with E-state index in [1.165, 1.54) is 11.3 Å². The normalized spacial score (nSPS) is 19.2. The first-order valence-corrected chi connectivity index (χ1v) is 11.6. The molecule has 8 heteroatoms. The lowest BCUT2D eigenvalue weighted by molar-refractivity contribution is -0.121. The van der Waals surface area contributed by atoms with Gasteiger partial charge in [0.05, 0.1) is 22.2 Å². The molecule has 0 saturated carbocycles. The summed E-state index contributed by atoms with van der Waals surface area (Å²) < 4.78 is 5.55. The summed E-state index contributed by atoms with van der Waals surface area (Å²) >= 11 is 1.43. The van der Waals surface area contributed by atoms with E-state index in [0.717, 1.165) is 24.3 Å². The van der Waals surface area contributed by atoms with Crippen molar-refractivity contribution in [3.63, 3.8) is 0 Å². The number of nitrogens with zero attached hydrogens (tertiary/aromatic N) is 1. The Morgan fingerprint density at radius 2 is 1.87 bits per heavy atom. The van der Waals surface area contributed by atoms with Crippen molar-refractivity contribution < 1.29 is 19.1 Å². The summed E-state index contributed by atoms with van der Waals surface area (Å²) in [4.78, 5) is 40.5. The second-order valence-corrected chi connectivity index (χ2v) is 8.87. The van der Waals surface area contributed by atoms with Gasteiger partial charge in [0.1, 0.15) is 0 Å². The first-order chi connectivity index (χ1) is 15.1. The largest absolute Gasteiger partial charge is 0.376 e. The highest BCUT2D eigenvalue weighted by Gasteiger charge is 2.29. The maximum Gasteiger partial charge on any atom is 0.263 e. The van der Waals surface area contributed by atoms with Gasteiger partial charge < -0.3 is 20.3 Å². The molecule has 0 radical (unpaired) electrons. The standard InChI is InChI=1S/C23H27N3O4S/c27-21(16-9-11-26(12-10-16)23(29)20-8-4-14-31-20)25-19-7-2-1-6-18(19)22(28)24-15-17-5-3-13-30-17/h1-2,4,6-8,14,16-17H,3,5,9-13,15H2,(H,24,28)(H,25,27)/t17-/m0/s1. The van der Waals surface area contributed by atoms with E-state index in [9.17, 15) is 14.4 Å². The molecule has 0 bridgehead atoms. The Morgan fingerprint density at radius 3 is 2.58 bits per heavy atom. The van der Waals surface area contributed by atoms with Crippen molar-refractivity contribution in [2.45, 2.75) is 31.8 Å². The van der Waals surface area contributed by atoms with Crippen LogP contribution in [0.2, 0.25) is 0 Å². The van der Waals surface area contributed by atoms with Crippen molar-refractivity contribution >= 4 is 34.7 Å². The third-order valence-electron chi connectivity index (χ3n) is 5.83. The highest BCUT2D eigenvalue weighted by Crippen LogP contribution is 2.23. The zero-order valence-corrected chi connectivity index (χ0v) is 18.2. The maximum atomic E-state index is 12.9. The van der Waals surface area contributed by atoms with Gasteiger partial charge >= 0.3 is 0 Å². The third-order valence-corrected chi connectivity index (χ3v) is 6.69. The minimum absolute atomic E-state index is 0.0297. The number of piperidine rings is 1. The third kappa shape index (κ3) is 5.32. The van der Waals surface area contributed by atoms with Crippen LogP contribution in [-0.2, 0) is 9.53 Å². The van der Waals surface area contributed by atoms with Gasteiger partial charge in [0.2, 0.25) is 5.91 Å². The molecule has 0 aliphatic carbocycles. The fourth-order valence-electron chi connectivity index (χ4n) is 4.03. The molecule has 3 heterocycles. The molecule has 1 aromatic carbocycles. The first-order valence-electron chi connectivity index (χ1n) is 10.7. The Hall–Kier alpha value is -2.71. The monoisotopic (exact) mass is 441 g/mol. The smallest absolute Gasteiger partial charge is 0.263 e. The number of ether oxygens (including phenoxy) is 1. The number of carbonyl (C=O) groups is 3. The minimum Gasteiger partial charge on any atom is -0.376 e. The molecule has 3 amide bonds. The molecule has 2 aromatic rings. The van der Waals surface area contributed by atoms with Crippen LogP contribution in [0.1, 0.15) is 45.7 Å². The SMILES string of the molecule is O=C(NC[C@@H]1CCCO1)c1ccccc1NC(=O)C1CCN(C(=O)c2cccs2)CC1. The second-order valence-electron chi connectivity index (χ2n) is 7.92. The summed E-state index contributed by atoms with van der Waals surface area (Å²) in [6, 6.07) is 10.7. The van der Waals surface area contributed by atoms with Crippen molar-refractivity contribution in [3.8, 4) is 0 Å². The van der Waals surface area contributed by atoms with Crippen molar-refractivity contribution in [2.75, 3.05) is 31.6 Å². The highest BCUT2D eigenvalue weighted by atomic mass is 32.1. The zero-order valence-electron chi connectivity index (χ0n) is 17.3. The number of hydrogen-bond acceptors (Lipinski definition) is 5. The van der Waals surface area contributed by atoms with Crippen LogP contribution >= 0.6 is 11.3 Å². The summed E-state index contributed by atoms with van der Waals surface area (Å²) in [5, 5.41) is 7.73. The Labute approximate surface area is 185 Å². The average Bonchev–Trinajstić information content (AvgIpc) is 3.52. The molecule has 0 unspecified atom stereocenters. The number of benzene rings is 1. The number of thiophene rings is 1. The molecular weight excluding hydrogens is 414 g/mol. The van der Waals surface area contributed by atoms with Gasteiger partial charge in [0.15, 0.2) is 0 Å². The van der Waals surface area contributed by atoms with Crippen LogP contribution in [0, 0.1) is 5.92 Å². The van der Waals surface area contributed by atoms with Crippen molar-refractivity contribution in [2.24, 2.45) is 5.92 Å². The van der Waals surface area contributed by atoms with Crippen LogP contribution in [0.25, 0.3) is 0 Å². The van der Waals surface area contributed by atoms with Gasteiger partial charge in [-0.15, -0.1) is 11.3 Å². The minimum atomic E-state index is -0.220. The summed E-state index contributed by atoms with van der Waals surface area (Å²) in [5.41, 5.74) is 0.952. The van der Waals surface area contributed by atoms with E-state index in [0.29, 0.717) is 43.7 Å². The zero-order chi connectivity index (χ0) is 21.6. The number of amides is 3. The number of hydrogen-bond donors (Lipinski definition) is 2. The number of carbonyl (C=O) groups excluding carboxylic acids is 3. The van der Waals surface area contributed by atoms with Gasteiger partial charge in [-0.3, -0.25) is 14.4 Å². The average molecular weight is 442 g/mol. The molecule has 1 atom stereocenters. The van der Waals surface area contributed by atoms with Crippen LogP contribution in [0.3, 0.4) is 0 Å². The Bertz CT molecular complexity index is 917. The van der Waals surface area contributed by atoms with E-state index < -0.39 is 0 Å². The summed E-state index contributed by atoms with van der Waals surface area (Å²) in [6.45, 7) is 2.32. The highest BCUT2D eigenvalue weighted by molar-refractivity contribution is 7.12. The van der Waals surface area contributed by atoms with Crippen LogP contribution in [0.5, 0.6) is 0 Å². The molecule has 2 aliphatic rings. The first kappa shape index (κ1) is 21.5. The Morgan fingerprint density at radius 1 is 1.06 bits per heavy atom. The lowest BCUT2D eigenvalue weighted by Crippen LogP contribution is -2.41. The molecule has 164 valence electrons. The summed E-state index contributed by atoms with van der Waals surface area (Å²) in [5.74, 6) is -0.483. The molecule has 2 saturated heterocycles. The van der Waals surface area contributed by atoms with Gasteiger partial charge in [-0.05, 0) is 49.3 Å². The molecule has 2 N–H and O–H groups in total. The topological polar surface area (TPSA) is 87.7 Å². The lowest BCUT2D eigenvalue weighted by atomic mass is 9.95. The molecule has 4 rings (SSSR count). The fraction of sp³-hybridized carbons (Fsp3) is 0.435. The predicted molar refractivity (Wildman–Crippen MR) is 119 cm³/mol. The molecule has 2 fully saturated rings. The predicted octanol–water partition coefficient (Wildman–Crippen LogP) is 3.15. The van der Waals surface area contributed by atoms with Gasteiger partial charge in [0.25, 0.3) is 11.8 Å². The Kier molecular flexibility index (Phi) is 6.99. The van der Waals surface area contributed by atoms with Crippen LogP contribution < -0.4 is 10.6 Å². The molecule has 7 nitrogen and oxygen atoms in total. The lowest BCUT2D eigenvalue weighted by Gasteiger charge is -2.31.